The number of carbonyl (C=O) groups excluding carboxylic acids is 6. The molecule has 0 radical (unpaired) electrons. The number of hydrogen-bond acceptors (Lipinski definition) is 16. The molecule has 6 amide bonds. The van der Waals surface area contributed by atoms with Crippen LogP contribution >= 0.6 is 0 Å². The number of nitrogens with two attached hydrogens (primary N) is 2. The van der Waals surface area contributed by atoms with Gasteiger partial charge in [-0.3, -0.25) is 72.5 Å². The van der Waals surface area contributed by atoms with Gasteiger partial charge in [0.15, 0.2) is 5.96 Å². The van der Waals surface area contributed by atoms with Crippen molar-refractivity contribution in [3.05, 3.63) is 29.8 Å². The average Bonchev–Trinajstić information content (AvgIpc) is 3.28. The Hall–Kier alpha value is -7.17. The van der Waals surface area contributed by atoms with Crippen molar-refractivity contribution in [3.63, 3.8) is 0 Å². The van der Waals surface area contributed by atoms with Crippen molar-refractivity contribution in [2.45, 2.75) is 69.1 Å². The molecular formula is C43H67N13O15. The molecule has 0 bridgehead atoms. The molecule has 71 heavy (non-hydrogen) atoms. The summed E-state index contributed by atoms with van der Waals surface area (Å²) in [7, 11) is 0. The van der Waals surface area contributed by atoms with Crippen molar-refractivity contribution < 1.29 is 73.5 Å². The molecule has 2 aliphatic rings. The van der Waals surface area contributed by atoms with Gasteiger partial charge in [-0.25, -0.2) is 0 Å². The molecule has 4 unspecified atom stereocenters. The summed E-state index contributed by atoms with van der Waals surface area (Å²) < 4.78 is 0. The largest absolute Gasteiger partial charge is 0.508 e. The van der Waals surface area contributed by atoms with Gasteiger partial charge in [-0.05, 0) is 49.8 Å². The molecule has 3 rings (SSSR count). The van der Waals surface area contributed by atoms with E-state index in [0.29, 0.717) is 5.56 Å². The number of aromatic hydroxyl groups is 1. The molecule has 1 aromatic carbocycles. The van der Waals surface area contributed by atoms with E-state index in [1.807, 2.05) is 0 Å². The fourth-order valence-electron chi connectivity index (χ4n) is 7.60. The minimum atomic E-state index is -1.69. The molecule has 15 N–H and O–H groups in total. The lowest BCUT2D eigenvalue weighted by atomic mass is 10.0. The highest BCUT2D eigenvalue weighted by atomic mass is 16.4. The molecule has 2 heterocycles. The Balaban J connectivity index is 1.81. The molecule has 0 spiro atoms. The zero-order valence-electron chi connectivity index (χ0n) is 39.4. The van der Waals surface area contributed by atoms with Crippen LogP contribution in [0.25, 0.3) is 0 Å². The summed E-state index contributed by atoms with van der Waals surface area (Å²) >= 11 is 0. The van der Waals surface area contributed by atoms with E-state index >= 15 is 0 Å². The van der Waals surface area contributed by atoms with Gasteiger partial charge in [0.05, 0.1) is 39.1 Å². The Labute approximate surface area is 408 Å². The molecule has 0 saturated carbocycles. The van der Waals surface area contributed by atoms with Crippen molar-refractivity contribution >= 4 is 65.3 Å². The van der Waals surface area contributed by atoms with Gasteiger partial charge in [-0.2, -0.15) is 0 Å². The van der Waals surface area contributed by atoms with Crippen LogP contribution in [-0.4, -0.2) is 233 Å². The summed E-state index contributed by atoms with van der Waals surface area (Å²) in [6.45, 7) is -0.0673. The van der Waals surface area contributed by atoms with Crippen molar-refractivity contribution in [1.82, 2.24) is 51.5 Å². The maximum absolute atomic E-state index is 14.1. The fourth-order valence-corrected chi connectivity index (χ4v) is 7.60. The summed E-state index contributed by atoms with van der Waals surface area (Å²) in [5.74, 6) is -10.00. The monoisotopic (exact) mass is 1010 g/mol. The fraction of sp³-hybridized carbons (Fsp3) is 0.605. The minimum absolute atomic E-state index is 0.0363. The van der Waals surface area contributed by atoms with Gasteiger partial charge in [-0.15, -0.1) is 0 Å². The standard InChI is InChI=1S/C43H67N13O15/c44-43(45)47-11-3-5-29-39(68)48-22-33(58)49-32(21-35(60)61)42(71)52-31(20-27-6-8-28(57)9-7-27)41(70)51-30(40(69)50-29)4-1-2-10-46-34(59)23-53-12-14-54(24-36(62)63)16-18-56(26-38(66)67)19-17-55(15-13-53)25-37(64)65/h6-9,29-32,57H,1-5,10-26H2,(H,46,59)(H,48,68)(H,49,58)(H,50,69)(H,51,70)(H,52,71)(H,60,61)(H,62,63)(H,64,65)(H,66,67)(H4,44,45,47). The van der Waals surface area contributed by atoms with Crippen LogP contribution in [0, 0.1) is 0 Å². The smallest absolute Gasteiger partial charge is 0.317 e. The number of carbonyl (C=O) groups is 10. The van der Waals surface area contributed by atoms with E-state index in [1.165, 1.54) is 24.3 Å². The van der Waals surface area contributed by atoms with Gasteiger partial charge in [0, 0.05) is 71.9 Å². The lowest BCUT2D eigenvalue weighted by Gasteiger charge is -2.32. The van der Waals surface area contributed by atoms with Crippen molar-refractivity contribution in [3.8, 4) is 5.75 Å². The zero-order chi connectivity index (χ0) is 52.5. The van der Waals surface area contributed by atoms with Gasteiger partial charge >= 0.3 is 23.9 Å². The lowest BCUT2D eigenvalue weighted by molar-refractivity contribution is -0.141. The van der Waals surface area contributed by atoms with Crippen LogP contribution in [-0.2, 0) is 54.4 Å². The number of benzene rings is 1. The van der Waals surface area contributed by atoms with E-state index < -0.39 is 96.5 Å². The van der Waals surface area contributed by atoms with Crippen molar-refractivity contribution in [1.29, 1.82) is 0 Å². The number of nitrogens with one attached hydrogen (secondary N) is 6. The molecule has 4 atom stereocenters. The molecular weight excluding hydrogens is 939 g/mol. The third kappa shape index (κ3) is 23.8. The molecule has 0 aliphatic carbocycles. The number of aliphatic imine (C=N–C) groups is 1. The summed E-state index contributed by atoms with van der Waals surface area (Å²) in [6, 6.07) is -0.165. The molecule has 28 nitrogen and oxygen atoms in total. The second kappa shape index (κ2) is 30.4. The first-order valence-electron chi connectivity index (χ1n) is 23.0. The van der Waals surface area contributed by atoms with Gasteiger partial charge in [0.2, 0.25) is 35.4 Å². The number of hydrogen-bond donors (Lipinski definition) is 13. The number of aliphatic carboxylic acids is 4. The topological polar surface area (TPSA) is 421 Å². The van der Waals surface area contributed by atoms with E-state index in [2.05, 4.69) is 36.9 Å². The second-order valence-corrected chi connectivity index (χ2v) is 17.1. The zero-order valence-corrected chi connectivity index (χ0v) is 39.4. The first kappa shape index (κ1) is 58.1. The number of carboxylic acid groups (broad SMARTS) is 4. The number of phenols is 1. The Morgan fingerprint density at radius 2 is 1.03 bits per heavy atom. The predicted molar refractivity (Wildman–Crippen MR) is 250 cm³/mol. The molecule has 394 valence electrons. The highest BCUT2D eigenvalue weighted by Crippen LogP contribution is 2.13. The van der Waals surface area contributed by atoms with Crippen LogP contribution < -0.4 is 43.4 Å². The minimum Gasteiger partial charge on any atom is -0.508 e. The third-order valence-electron chi connectivity index (χ3n) is 11.3. The number of guanidine groups is 1. The summed E-state index contributed by atoms with van der Waals surface area (Å²) in [5, 5.41) is 63.0. The molecule has 0 aromatic heterocycles. The third-order valence-corrected chi connectivity index (χ3v) is 11.3. The Bertz CT molecular complexity index is 2010. The van der Waals surface area contributed by atoms with E-state index in [-0.39, 0.29) is 142 Å². The number of rotatable bonds is 21. The average molecular weight is 1010 g/mol. The van der Waals surface area contributed by atoms with Gasteiger partial charge in [0.25, 0.3) is 0 Å². The number of phenolic OH excluding ortho intramolecular Hbond substituents is 1. The van der Waals surface area contributed by atoms with Crippen LogP contribution in [0.2, 0.25) is 0 Å². The van der Waals surface area contributed by atoms with E-state index in [0.717, 1.165) is 0 Å². The number of carboxylic acids is 4. The highest BCUT2D eigenvalue weighted by Gasteiger charge is 2.33. The highest BCUT2D eigenvalue weighted by molar-refractivity contribution is 5.98. The Kier molecular flexibility index (Phi) is 24.9. The maximum atomic E-state index is 14.1. The lowest BCUT2D eigenvalue weighted by Crippen LogP contribution is -2.58. The molecule has 1 aromatic rings. The first-order chi connectivity index (χ1) is 33.7. The Morgan fingerprint density at radius 3 is 1.52 bits per heavy atom. The first-order valence-corrected chi connectivity index (χ1v) is 23.0. The van der Waals surface area contributed by atoms with Crippen molar-refractivity contribution in [2.75, 3.05) is 98.2 Å². The molecule has 2 fully saturated rings. The van der Waals surface area contributed by atoms with Gasteiger partial charge in [-0.1, -0.05) is 12.1 Å². The van der Waals surface area contributed by atoms with Crippen LogP contribution in [0.1, 0.15) is 44.1 Å². The molecule has 2 aliphatic heterocycles. The van der Waals surface area contributed by atoms with Crippen molar-refractivity contribution in [2.24, 2.45) is 16.5 Å². The maximum Gasteiger partial charge on any atom is 0.317 e. The quantitative estimate of drug-likeness (QED) is 0.0310. The Morgan fingerprint density at radius 1 is 0.577 bits per heavy atom. The summed E-state index contributed by atoms with van der Waals surface area (Å²) in [5.41, 5.74) is 11.3. The SMILES string of the molecule is NC(N)=NCCCC1NC(=O)C(CCCCNC(=O)CN2CCN(CC(=O)O)CCN(CC(=O)O)CCN(CC(=O)O)CC2)NC(=O)C(Cc2ccc(O)cc2)NC(=O)C(CC(=O)O)NC(=O)CNC1=O. The summed E-state index contributed by atoms with van der Waals surface area (Å²) in [4.78, 5) is 138. The normalized spacial score (nSPS) is 21.2. The van der Waals surface area contributed by atoms with Gasteiger partial charge < -0.3 is 68.9 Å². The van der Waals surface area contributed by atoms with E-state index in [9.17, 15) is 73.5 Å². The second-order valence-electron chi connectivity index (χ2n) is 17.1. The number of nitrogens with zero attached hydrogens (tertiary/aromatic N) is 5. The number of amides is 6. The predicted octanol–water partition coefficient (Wildman–Crippen LogP) is -5.71. The van der Waals surface area contributed by atoms with E-state index in [1.54, 1.807) is 19.6 Å². The molecule has 28 heteroatoms. The summed E-state index contributed by atoms with van der Waals surface area (Å²) in [6.07, 6.45) is -0.562. The molecule has 2 saturated heterocycles. The number of unbranched alkanes of at least 4 members (excludes halogenated alkanes) is 1. The van der Waals surface area contributed by atoms with E-state index in [4.69, 9.17) is 11.5 Å². The van der Waals surface area contributed by atoms with Gasteiger partial charge in [0.1, 0.15) is 29.9 Å². The van der Waals surface area contributed by atoms with Crippen LogP contribution in [0.15, 0.2) is 29.3 Å². The van der Waals surface area contributed by atoms with Crippen LogP contribution in [0.3, 0.4) is 0 Å². The van der Waals surface area contributed by atoms with Crippen LogP contribution in [0.4, 0.5) is 0 Å². The van der Waals surface area contributed by atoms with Crippen LogP contribution in [0.5, 0.6) is 5.75 Å².